The molecule has 0 unspecified atom stereocenters. The first-order valence-corrected chi connectivity index (χ1v) is 7.34. The van der Waals surface area contributed by atoms with Gasteiger partial charge >= 0.3 is 12.0 Å². The molecule has 2 aromatic rings. The third-order valence-electron chi connectivity index (χ3n) is 3.40. The van der Waals surface area contributed by atoms with Gasteiger partial charge in [-0.15, -0.1) is 0 Å². The van der Waals surface area contributed by atoms with Crippen molar-refractivity contribution in [1.82, 2.24) is 15.1 Å². The van der Waals surface area contributed by atoms with Gasteiger partial charge in [-0.05, 0) is 18.9 Å². The minimum Gasteiger partial charge on any atom is -0.481 e. The number of anilines is 1. The van der Waals surface area contributed by atoms with Crippen LogP contribution in [0.1, 0.15) is 18.4 Å². The van der Waals surface area contributed by atoms with E-state index in [0.29, 0.717) is 18.8 Å². The van der Waals surface area contributed by atoms with Crippen LogP contribution in [0.2, 0.25) is 0 Å². The number of carbonyl (C=O) groups excluding carboxylic acids is 1. The fourth-order valence-corrected chi connectivity index (χ4v) is 2.18. The number of rotatable bonds is 6. The van der Waals surface area contributed by atoms with Crippen LogP contribution in [-0.4, -0.2) is 33.4 Å². The van der Waals surface area contributed by atoms with E-state index >= 15 is 0 Å². The molecule has 0 radical (unpaired) electrons. The van der Waals surface area contributed by atoms with Gasteiger partial charge in [0, 0.05) is 31.6 Å². The number of benzene rings is 1. The van der Waals surface area contributed by atoms with E-state index in [-0.39, 0.29) is 12.5 Å². The summed E-state index contributed by atoms with van der Waals surface area (Å²) in [5.41, 5.74) is 2.90. The first kappa shape index (κ1) is 16.5. The maximum absolute atomic E-state index is 11.8. The molecule has 122 valence electrons. The Labute approximate surface area is 134 Å². The summed E-state index contributed by atoms with van der Waals surface area (Å²) >= 11 is 0. The molecule has 0 aliphatic heterocycles. The molecule has 1 heterocycles. The van der Waals surface area contributed by atoms with Crippen molar-refractivity contribution in [1.29, 1.82) is 0 Å². The highest BCUT2D eigenvalue weighted by Crippen LogP contribution is 2.24. The summed E-state index contributed by atoms with van der Waals surface area (Å²) in [6, 6.07) is 9.32. The highest BCUT2D eigenvalue weighted by Gasteiger charge is 2.11. The quantitative estimate of drug-likeness (QED) is 0.713. The average molecular weight is 316 g/mol. The van der Waals surface area contributed by atoms with Gasteiger partial charge in [0.15, 0.2) is 0 Å². The number of aliphatic carboxylic acids is 1. The van der Waals surface area contributed by atoms with Gasteiger partial charge in [-0.3, -0.25) is 14.8 Å². The SMILES string of the molecule is Cc1ccccc1-c1cc(NC(=O)NCCCC(=O)O)n(C)n1. The van der Waals surface area contributed by atoms with E-state index in [1.165, 1.54) is 0 Å². The molecule has 0 bridgehead atoms. The van der Waals surface area contributed by atoms with Crippen molar-refractivity contribution < 1.29 is 14.7 Å². The number of aryl methyl sites for hydroxylation is 2. The number of hydrogen-bond donors (Lipinski definition) is 3. The number of carbonyl (C=O) groups is 2. The zero-order valence-electron chi connectivity index (χ0n) is 13.2. The topological polar surface area (TPSA) is 96.3 Å². The summed E-state index contributed by atoms with van der Waals surface area (Å²) in [6.45, 7) is 2.31. The normalized spacial score (nSPS) is 10.3. The number of nitrogens with zero attached hydrogens (tertiary/aromatic N) is 2. The van der Waals surface area contributed by atoms with Gasteiger partial charge in [0.25, 0.3) is 0 Å². The van der Waals surface area contributed by atoms with E-state index in [0.717, 1.165) is 16.8 Å². The second kappa shape index (κ2) is 7.44. The number of nitrogens with one attached hydrogen (secondary N) is 2. The first-order valence-electron chi connectivity index (χ1n) is 7.34. The predicted octanol–water partition coefficient (Wildman–Crippen LogP) is 2.38. The Kier molecular flexibility index (Phi) is 5.35. The molecular weight excluding hydrogens is 296 g/mol. The Morgan fingerprint density at radius 2 is 2.04 bits per heavy atom. The molecule has 0 aliphatic carbocycles. The number of aromatic nitrogens is 2. The van der Waals surface area contributed by atoms with Gasteiger partial charge < -0.3 is 10.4 Å². The summed E-state index contributed by atoms with van der Waals surface area (Å²) in [6.07, 6.45) is 0.423. The number of carboxylic acid groups (broad SMARTS) is 1. The van der Waals surface area contributed by atoms with Crippen LogP contribution in [0.25, 0.3) is 11.3 Å². The Bertz CT molecular complexity index is 709. The van der Waals surface area contributed by atoms with E-state index in [1.54, 1.807) is 17.8 Å². The van der Waals surface area contributed by atoms with Crippen molar-refractivity contribution in [3.05, 3.63) is 35.9 Å². The van der Waals surface area contributed by atoms with Crippen LogP contribution in [-0.2, 0) is 11.8 Å². The fourth-order valence-electron chi connectivity index (χ4n) is 2.18. The van der Waals surface area contributed by atoms with Crippen LogP contribution in [0.15, 0.2) is 30.3 Å². The average Bonchev–Trinajstić information content (AvgIpc) is 2.85. The van der Waals surface area contributed by atoms with Gasteiger partial charge in [-0.25, -0.2) is 4.79 Å². The van der Waals surface area contributed by atoms with Crippen LogP contribution >= 0.6 is 0 Å². The molecule has 0 saturated heterocycles. The maximum atomic E-state index is 11.8. The van der Waals surface area contributed by atoms with Crippen molar-refractivity contribution in [2.24, 2.45) is 7.05 Å². The Morgan fingerprint density at radius 1 is 1.30 bits per heavy atom. The summed E-state index contributed by atoms with van der Waals surface area (Å²) in [5.74, 6) is -0.305. The highest BCUT2D eigenvalue weighted by molar-refractivity contribution is 5.89. The van der Waals surface area contributed by atoms with Crippen LogP contribution < -0.4 is 10.6 Å². The molecule has 1 aromatic carbocycles. The minimum atomic E-state index is -0.873. The first-order chi connectivity index (χ1) is 11.0. The molecule has 0 spiro atoms. The number of amides is 2. The second-order valence-corrected chi connectivity index (χ2v) is 5.23. The molecule has 7 heteroatoms. The lowest BCUT2D eigenvalue weighted by molar-refractivity contribution is -0.137. The summed E-state index contributed by atoms with van der Waals surface area (Å²) in [7, 11) is 1.75. The monoisotopic (exact) mass is 316 g/mol. The third kappa shape index (κ3) is 4.57. The van der Waals surface area contributed by atoms with Gasteiger partial charge in [0.2, 0.25) is 0 Å². The molecule has 1 aromatic heterocycles. The zero-order chi connectivity index (χ0) is 16.8. The van der Waals surface area contributed by atoms with Gasteiger partial charge in [-0.2, -0.15) is 5.10 Å². The van der Waals surface area contributed by atoms with Gasteiger partial charge in [0.05, 0.1) is 5.69 Å². The molecule has 2 amide bonds. The van der Waals surface area contributed by atoms with E-state index < -0.39 is 5.97 Å². The van der Waals surface area contributed by atoms with Crippen molar-refractivity contribution in [3.63, 3.8) is 0 Å². The lowest BCUT2D eigenvalue weighted by Gasteiger charge is -2.06. The highest BCUT2D eigenvalue weighted by atomic mass is 16.4. The number of urea groups is 1. The van der Waals surface area contributed by atoms with Gasteiger partial charge in [-0.1, -0.05) is 24.3 Å². The van der Waals surface area contributed by atoms with E-state index in [4.69, 9.17) is 5.11 Å². The Balaban J connectivity index is 1.98. The Hall–Kier alpha value is -2.83. The molecule has 0 aliphatic rings. The molecule has 2 rings (SSSR count). The number of hydrogen-bond acceptors (Lipinski definition) is 3. The fraction of sp³-hybridized carbons (Fsp3) is 0.312. The van der Waals surface area contributed by atoms with E-state index in [2.05, 4.69) is 15.7 Å². The predicted molar refractivity (Wildman–Crippen MR) is 87.3 cm³/mol. The Morgan fingerprint density at radius 3 is 2.74 bits per heavy atom. The van der Waals surface area contributed by atoms with E-state index in [9.17, 15) is 9.59 Å². The van der Waals surface area contributed by atoms with Crippen molar-refractivity contribution in [3.8, 4) is 11.3 Å². The minimum absolute atomic E-state index is 0.0312. The van der Waals surface area contributed by atoms with Crippen molar-refractivity contribution >= 4 is 17.8 Å². The van der Waals surface area contributed by atoms with Crippen LogP contribution in [0.5, 0.6) is 0 Å². The summed E-state index contributed by atoms with van der Waals surface area (Å²) in [5, 5.41) is 18.3. The number of carboxylic acids is 1. The molecule has 3 N–H and O–H groups in total. The van der Waals surface area contributed by atoms with Crippen molar-refractivity contribution in [2.45, 2.75) is 19.8 Å². The smallest absolute Gasteiger partial charge is 0.320 e. The molecule has 23 heavy (non-hydrogen) atoms. The molecule has 0 saturated carbocycles. The lowest BCUT2D eigenvalue weighted by Crippen LogP contribution is -2.30. The summed E-state index contributed by atoms with van der Waals surface area (Å²) < 4.78 is 1.60. The zero-order valence-corrected chi connectivity index (χ0v) is 13.2. The van der Waals surface area contributed by atoms with E-state index in [1.807, 2.05) is 31.2 Å². The largest absolute Gasteiger partial charge is 0.481 e. The standard InChI is InChI=1S/C16H20N4O3/c1-11-6-3-4-7-12(11)13-10-14(20(2)19-13)18-16(23)17-9-5-8-15(21)22/h3-4,6-7,10H,5,8-9H2,1-2H3,(H,21,22)(H2,17,18,23). The molecule has 7 nitrogen and oxygen atoms in total. The van der Waals surface area contributed by atoms with Gasteiger partial charge in [0.1, 0.15) is 5.82 Å². The summed E-state index contributed by atoms with van der Waals surface area (Å²) in [4.78, 5) is 22.2. The second-order valence-electron chi connectivity index (χ2n) is 5.23. The lowest BCUT2D eigenvalue weighted by atomic mass is 10.1. The maximum Gasteiger partial charge on any atom is 0.320 e. The molecule has 0 fully saturated rings. The molecule has 0 atom stereocenters. The van der Waals surface area contributed by atoms with Crippen LogP contribution in [0.3, 0.4) is 0 Å². The molecular formula is C16H20N4O3. The van der Waals surface area contributed by atoms with Crippen LogP contribution in [0, 0.1) is 6.92 Å². The van der Waals surface area contributed by atoms with Crippen molar-refractivity contribution in [2.75, 3.05) is 11.9 Å². The third-order valence-corrected chi connectivity index (χ3v) is 3.40. The van der Waals surface area contributed by atoms with Crippen LogP contribution in [0.4, 0.5) is 10.6 Å².